The lowest BCUT2D eigenvalue weighted by atomic mass is 10.2. The van der Waals surface area contributed by atoms with Crippen molar-refractivity contribution in [3.63, 3.8) is 0 Å². The second kappa shape index (κ2) is 5.64. The minimum absolute atomic E-state index is 0.244. The van der Waals surface area contributed by atoms with Crippen LogP contribution in [0.2, 0.25) is 0 Å². The Hall–Kier alpha value is -2.61. The monoisotopic (exact) mass is 322 g/mol. The summed E-state index contributed by atoms with van der Waals surface area (Å²) in [6.45, 7) is -0.263. The molecule has 0 unspecified atom stereocenters. The molecule has 0 fully saturated rings. The van der Waals surface area contributed by atoms with Crippen LogP contribution in [0.25, 0.3) is 4.96 Å². The summed E-state index contributed by atoms with van der Waals surface area (Å²) in [4.78, 5) is 28.1. The summed E-state index contributed by atoms with van der Waals surface area (Å²) in [7, 11) is 0. The highest BCUT2D eigenvalue weighted by molar-refractivity contribution is 7.15. The van der Waals surface area contributed by atoms with Gasteiger partial charge in [-0.2, -0.15) is 0 Å². The maximum atomic E-state index is 13.0. The van der Waals surface area contributed by atoms with Gasteiger partial charge in [-0.25, -0.2) is 18.6 Å². The molecule has 5 nitrogen and oxygen atoms in total. The first-order valence-corrected chi connectivity index (χ1v) is 7.00. The molecule has 0 amide bonds. The average molecular weight is 322 g/mol. The molecular formula is C14H8F2N2O3S. The number of thiazole rings is 1. The number of fused-ring (bicyclic) bond motifs is 1. The molecule has 0 spiro atoms. The highest BCUT2D eigenvalue weighted by atomic mass is 32.1. The second-order valence-electron chi connectivity index (χ2n) is 4.38. The Morgan fingerprint density at radius 1 is 1.23 bits per heavy atom. The van der Waals surface area contributed by atoms with Crippen molar-refractivity contribution in [3.8, 4) is 0 Å². The van der Waals surface area contributed by atoms with Crippen LogP contribution in [0, 0.1) is 11.6 Å². The van der Waals surface area contributed by atoms with Crippen molar-refractivity contribution in [2.75, 3.05) is 0 Å². The van der Waals surface area contributed by atoms with E-state index < -0.39 is 17.6 Å². The summed E-state index contributed by atoms with van der Waals surface area (Å²) in [6.07, 6.45) is 1.58. The van der Waals surface area contributed by atoms with Gasteiger partial charge < -0.3 is 4.74 Å². The summed E-state index contributed by atoms with van der Waals surface area (Å²) >= 11 is 1.26. The fraction of sp³-hybridized carbons (Fsp3) is 0.0714. The lowest BCUT2D eigenvalue weighted by Crippen LogP contribution is -2.14. The first kappa shape index (κ1) is 14.3. The zero-order chi connectivity index (χ0) is 15.7. The van der Waals surface area contributed by atoms with E-state index >= 15 is 0 Å². The van der Waals surface area contributed by atoms with E-state index in [1.165, 1.54) is 21.8 Å². The summed E-state index contributed by atoms with van der Waals surface area (Å²) in [5, 5.41) is 1.70. The van der Waals surface area contributed by atoms with Gasteiger partial charge in [0.15, 0.2) is 4.96 Å². The molecule has 0 saturated carbocycles. The second-order valence-corrected chi connectivity index (χ2v) is 5.25. The normalized spacial score (nSPS) is 10.8. The number of halogens is 2. The number of esters is 1. The van der Waals surface area contributed by atoms with Crippen molar-refractivity contribution >= 4 is 22.3 Å². The maximum Gasteiger partial charge on any atom is 0.338 e. The Bertz CT molecular complexity index is 900. The molecule has 3 aromatic rings. The Morgan fingerprint density at radius 2 is 1.95 bits per heavy atom. The van der Waals surface area contributed by atoms with Gasteiger partial charge in [0.05, 0.1) is 11.3 Å². The van der Waals surface area contributed by atoms with Crippen molar-refractivity contribution in [2.24, 2.45) is 0 Å². The molecule has 0 aliphatic rings. The topological polar surface area (TPSA) is 60.7 Å². The van der Waals surface area contributed by atoms with Gasteiger partial charge in [-0.15, -0.1) is 11.3 Å². The smallest absolute Gasteiger partial charge is 0.338 e. The molecule has 0 saturated heterocycles. The number of carbonyl (C=O) groups excluding carboxylic acids is 1. The van der Waals surface area contributed by atoms with Crippen LogP contribution in [0.5, 0.6) is 0 Å². The van der Waals surface area contributed by atoms with Crippen molar-refractivity contribution in [1.29, 1.82) is 0 Å². The van der Waals surface area contributed by atoms with Crippen molar-refractivity contribution in [2.45, 2.75) is 6.61 Å². The van der Waals surface area contributed by atoms with E-state index in [9.17, 15) is 18.4 Å². The molecule has 0 radical (unpaired) electrons. The lowest BCUT2D eigenvalue weighted by molar-refractivity contribution is 0.0466. The molecule has 112 valence electrons. The van der Waals surface area contributed by atoms with Crippen LogP contribution in [0.15, 0.2) is 40.6 Å². The molecule has 0 aliphatic carbocycles. The fourth-order valence-electron chi connectivity index (χ4n) is 1.86. The predicted molar refractivity (Wildman–Crippen MR) is 74.8 cm³/mol. The number of nitrogens with zero attached hydrogens (tertiary/aromatic N) is 2. The van der Waals surface area contributed by atoms with Gasteiger partial charge in [0.2, 0.25) is 0 Å². The first-order valence-electron chi connectivity index (χ1n) is 6.12. The van der Waals surface area contributed by atoms with Gasteiger partial charge in [-0.3, -0.25) is 9.20 Å². The Kier molecular flexibility index (Phi) is 3.68. The number of rotatable bonds is 3. The van der Waals surface area contributed by atoms with Gasteiger partial charge in [-0.05, 0) is 12.1 Å². The third-order valence-corrected chi connectivity index (χ3v) is 3.56. The number of hydrogen-bond acceptors (Lipinski definition) is 5. The highest BCUT2D eigenvalue weighted by Gasteiger charge is 2.12. The van der Waals surface area contributed by atoms with Crippen LogP contribution in [0.1, 0.15) is 16.1 Å². The molecule has 22 heavy (non-hydrogen) atoms. The molecule has 0 atom stereocenters. The molecule has 2 aromatic heterocycles. The van der Waals surface area contributed by atoms with E-state index in [0.717, 1.165) is 12.1 Å². The lowest BCUT2D eigenvalue weighted by Gasteiger charge is -2.05. The van der Waals surface area contributed by atoms with E-state index in [2.05, 4.69) is 4.98 Å². The van der Waals surface area contributed by atoms with Gasteiger partial charge in [0.1, 0.15) is 18.2 Å². The van der Waals surface area contributed by atoms with Gasteiger partial charge in [0.25, 0.3) is 5.56 Å². The van der Waals surface area contributed by atoms with Crippen LogP contribution in [0.3, 0.4) is 0 Å². The van der Waals surface area contributed by atoms with E-state index in [0.29, 0.717) is 11.0 Å². The number of aromatic nitrogens is 2. The van der Waals surface area contributed by atoms with Crippen LogP contribution < -0.4 is 5.56 Å². The molecular weight excluding hydrogens is 314 g/mol. The average Bonchev–Trinajstić information content (AvgIpc) is 2.92. The summed E-state index contributed by atoms with van der Waals surface area (Å²) in [5.74, 6) is -2.64. The quantitative estimate of drug-likeness (QED) is 0.695. The fourth-order valence-corrected chi connectivity index (χ4v) is 2.59. The first-order chi connectivity index (χ1) is 10.5. The molecule has 0 N–H and O–H groups in total. The van der Waals surface area contributed by atoms with E-state index in [1.807, 2.05) is 0 Å². The highest BCUT2D eigenvalue weighted by Crippen LogP contribution is 2.11. The number of benzene rings is 1. The van der Waals surface area contributed by atoms with Gasteiger partial charge in [-0.1, -0.05) is 0 Å². The molecule has 3 rings (SSSR count). The predicted octanol–water partition coefficient (Wildman–Crippen LogP) is 2.39. The SMILES string of the molecule is O=C(OCc1cc(=O)n2ccsc2n1)c1cc(F)cc(F)c1. The summed E-state index contributed by atoms with van der Waals surface area (Å²) in [5.41, 5.74) is -0.279. The van der Waals surface area contributed by atoms with Crippen molar-refractivity contribution < 1.29 is 18.3 Å². The van der Waals surface area contributed by atoms with Crippen LogP contribution >= 0.6 is 11.3 Å². The molecule has 8 heteroatoms. The zero-order valence-electron chi connectivity index (χ0n) is 11.0. The minimum Gasteiger partial charge on any atom is -0.456 e. The third-order valence-electron chi connectivity index (χ3n) is 2.81. The Morgan fingerprint density at radius 3 is 2.68 bits per heavy atom. The van der Waals surface area contributed by atoms with Gasteiger partial charge in [0, 0.05) is 23.7 Å². The summed E-state index contributed by atoms with van der Waals surface area (Å²) < 4.78 is 32.4. The van der Waals surface area contributed by atoms with Crippen LogP contribution in [-0.2, 0) is 11.3 Å². The van der Waals surface area contributed by atoms with Crippen molar-refractivity contribution in [3.05, 3.63) is 69.1 Å². The van der Waals surface area contributed by atoms with E-state index in [4.69, 9.17) is 4.74 Å². The van der Waals surface area contributed by atoms with Crippen LogP contribution in [-0.4, -0.2) is 15.4 Å². The third kappa shape index (κ3) is 2.86. The number of carbonyl (C=O) groups is 1. The van der Waals surface area contributed by atoms with Gasteiger partial charge >= 0.3 is 5.97 Å². The molecule has 2 heterocycles. The standard InChI is InChI=1S/C14H8F2N2O3S/c15-9-3-8(4-10(16)5-9)13(20)21-7-11-6-12(19)18-1-2-22-14(18)17-11/h1-6H,7H2. The molecule has 0 bridgehead atoms. The number of ether oxygens (including phenoxy) is 1. The largest absolute Gasteiger partial charge is 0.456 e. The number of hydrogen-bond donors (Lipinski definition) is 0. The van der Waals surface area contributed by atoms with E-state index in [-0.39, 0.29) is 23.4 Å². The van der Waals surface area contributed by atoms with Crippen LogP contribution in [0.4, 0.5) is 8.78 Å². The summed E-state index contributed by atoms with van der Waals surface area (Å²) in [6, 6.07) is 3.63. The molecule has 0 aliphatic heterocycles. The van der Waals surface area contributed by atoms with Crippen molar-refractivity contribution in [1.82, 2.24) is 9.38 Å². The molecule has 1 aromatic carbocycles. The zero-order valence-corrected chi connectivity index (χ0v) is 11.8. The van der Waals surface area contributed by atoms with E-state index in [1.54, 1.807) is 11.6 Å². The minimum atomic E-state index is -0.897. The Labute approximate surface area is 126 Å². The maximum absolute atomic E-state index is 13.0. The Balaban J connectivity index is 1.78.